The van der Waals surface area contributed by atoms with Crippen molar-refractivity contribution in [2.45, 2.75) is 25.8 Å². The van der Waals surface area contributed by atoms with Gasteiger partial charge in [-0.15, -0.1) is 0 Å². The summed E-state index contributed by atoms with van der Waals surface area (Å²) in [6.45, 7) is 3.43. The molecule has 0 radical (unpaired) electrons. The van der Waals surface area contributed by atoms with Gasteiger partial charge in [-0.1, -0.05) is 6.92 Å². The van der Waals surface area contributed by atoms with Crippen LogP contribution in [0.5, 0.6) is 0 Å². The molecule has 2 rings (SSSR count). The Morgan fingerprint density at radius 3 is 3.11 bits per heavy atom. The number of carbonyl (C=O) groups is 1. The van der Waals surface area contributed by atoms with Crippen LogP contribution >= 0.6 is 0 Å². The molecule has 4 heteroatoms. The van der Waals surface area contributed by atoms with Crippen LogP contribution in [0.15, 0.2) is 18.2 Å². The number of ketones is 1. The zero-order valence-electron chi connectivity index (χ0n) is 10.7. The van der Waals surface area contributed by atoms with Gasteiger partial charge < -0.3 is 15.7 Å². The van der Waals surface area contributed by atoms with Crippen molar-refractivity contribution in [1.29, 1.82) is 0 Å². The lowest BCUT2D eigenvalue weighted by molar-refractivity contribution is 0.0937. The van der Waals surface area contributed by atoms with Gasteiger partial charge in [0.15, 0.2) is 5.78 Å². The number of Topliss-reactive ketones (excluding diaryl/α,β-unsaturated/α-hetero) is 1. The molecule has 1 aliphatic heterocycles. The predicted molar refractivity (Wildman–Crippen MR) is 72.1 cm³/mol. The molecule has 1 aromatic carbocycles. The quantitative estimate of drug-likeness (QED) is 0.662. The molecule has 0 bridgehead atoms. The van der Waals surface area contributed by atoms with Crippen LogP contribution in [0.1, 0.15) is 29.3 Å². The highest BCUT2D eigenvalue weighted by molar-refractivity contribution is 6.00. The van der Waals surface area contributed by atoms with Crippen LogP contribution in [0.25, 0.3) is 0 Å². The van der Waals surface area contributed by atoms with E-state index in [0.717, 1.165) is 30.6 Å². The van der Waals surface area contributed by atoms with Crippen LogP contribution in [-0.4, -0.2) is 36.6 Å². The monoisotopic (exact) mass is 248 g/mol. The van der Waals surface area contributed by atoms with E-state index in [2.05, 4.69) is 10.6 Å². The molecule has 0 saturated heterocycles. The third kappa shape index (κ3) is 2.71. The SMILES string of the molecule is CCC(NCCO)C(=O)c1ccc2c(c1)CCN2. The summed E-state index contributed by atoms with van der Waals surface area (Å²) in [4.78, 5) is 12.3. The fourth-order valence-corrected chi connectivity index (χ4v) is 2.32. The number of rotatable bonds is 6. The van der Waals surface area contributed by atoms with E-state index in [-0.39, 0.29) is 18.4 Å². The molecule has 0 aliphatic carbocycles. The van der Waals surface area contributed by atoms with E-state index in [1.165, 1.54) is 5.56 Å². The highest BCUT2D eigenvalue weighted by atomic mass is 16.3. The molecule has 4 nitrogen and oxygen atoms in total. The van der Waals surface area contributed by atoms with Gasteiger partial charge >= 0.3 is 0 Å². The minimum Gasteiger partial charge on any atom is -0.395 e. The fraction of sp³-hybridized carbons (Fsp3) is 0.500. The van der Waals surface area contributed by atoms with Gasteiger partial charge in [-0.3, -0.25) is 4.79 Å². The maximum absolute atomic E-state index is 12.3. The van der Waals surface area contributed by atoms with Crippen LogP contribution in [0.4, 0.5) is 5.69 Å². The summed E-state index contributed by atoms with van der Waals surface area (Å²) in [5.41, 5.74) is 3.12. The van der Waals surface area contributed by atoms with Gasteiger partial charge in [-0.2, -0.15) is 0 Å². The molecule has 1 unspecified atom stereocenters. The summed E-state index contributed by atoms with van der Waals surface area (Å²) >= 11 is 0. The average molecular weight is 248 g/mol. The second kappa shape index (κ2) is 5.98. The molecule has 0 amide bonds. The van der Waals surface area contributed by atoms with Crippen LogP contribution in [0.3, 0.4) is 0 Å². The molecule has 3 N–H and O–H groups in total. The first-order chi connectivity index (χ1) is 8.76. The van der Waals surface area contributed by atoms with Crippen LogP contribution < -0.4 is 10.6 Å². The van der Waals surface area contributed by atoms with Crippen molar-refractivity contribution in [2.75, 3.05) is 25.0 Å². The number of benzene rings is 1. The molecular weight excluding hydrogens is 228 g/mol. The number of hydrogen-bond acceptors (Lipinski definition) is 4. The smallest absolute Gasteiger partial charge is 0.179 e. The molecule has 0 spiro atoms. The van der Waals surface area contributed by atoms with Crippen LogP contribution in [0, 0.1) is 0 Å². The zero-order valence-corrected chi connectivity index (χ0v) is 10.7. The van der Waals surface area contributed by atoms with Gasteiger partial charge in [0.05, 0.1) is 12.6 Å². The summed E-state index contributed by atoms with van der Waals surface area (Å²) in [5, 5.41) is 15.2. The molecule has 0 saturated carbocycles. The molecular formula is C14H20N2O2. The van der Waals surface area contributed by atoms with E-state index in [1.807, 2.05) is 25.1 Å². The van der Waals surface area contributed by atoms with Crippen molar-refractivity contribution in [3.63, 3.8) is 0 Å². The average Bonchev–Trinajstić information content (AvgIpc) is 2.86. The summed E-state index contributed by atoms with van der Waals surface area (Å²) < 4.78 is 0. The lowest BCUT2D eigenvalue weighted by atomic mass is 9.99. The normalized spacial score (nSPS) is 15.0. The molecule has 1 heterocycles. The lowest BCUT2D eigenvalue weighted by Crippen LogP contribution is -2.37. The molecule has 1 aliphatic rings. The highest BCUT2D eigenvalue weighted by Crippen LogP contribution is 2.23. The first-order valence-corrected chi connectivity index (χ1v) is 6.51. The van der Waals surface area contributed by atoms with Crippen LogP contribution in [-0.2, 0) is 6.42 Å². The first kappa shape index (κ1) is 13.1. The largest absolute Gasteiger partial charge is 0.395 e. The van der Waals surface area contributed by atoms with E-state index >= 15 is 0 Å². The number of aliphatic hydroxyl groups excluding tert-OH is 1. The second-order valence-electron chi connectivity index (χ2n) is 4.55. The van der Waals surface area contributed by atoms with Gasteiger partial charge in [0.1, 0.15) is 0 Å². The van der Waals surface area contributed by atoms with Gasteiger partial charge in [0.2, 0.25) is 0 Å². The summed E-state index contributed by atoms with van der Waals surface area (Å²) in [6.07, 6.45) is 1.71. The number of nitrogens with one attached hydrogen (secondary N) is 2. The molecule has 18 heavy (non-hydrogen) atoms. The van der Waals surface area contributed by atoms with Crippen molar-refractivity contribution in [2.24, 2.45) is 0 Å². The Morgan fingerprint density at radius 2 is 2.39 bits per heavy atom. The molecule has 0 aromatic heterocycles. The zero-order chi connectivity index (χ0) is 13.0. The Bertz CT molecular complexity index is 432. The molecule has 1 atom stereocenters. The van der Waals surface area contributed by atoms with E-state index in [0.29, 0.717) is 6.54 Å². The minimum atomic E-state index is -0.204. The van der Waals surface area contributed by atoms with E-state index in [4.69, 9.17) is 5.11 Å². The molecule has 1 aromatic rings. The number of anilines is 1. The van der Waals surface area contributed by atoms with Crippen molar-refractivity contribution in [3.8, 4) is 0 Å². The van der Waals surface area contributed by atoms with Crippen molar-refractivity contribution in [3.05, 3.63) is 29.3 Å². The Hall–Kier alpha value is -1.39. The number of carbonyl (C=O) groups excluding carboxylic acids is 1. The first-order valence-electron chi connectivity index (χ1n) is 6.51. The Kier molecular flexibility index (Phi) is 4.33. The maximum Gasteiger partial charge on any atom is 0.179 e. The van der Waals surface area contributed by atoms with Crippen LogP contribution in [0.2, 0.25) is 0 Å². The van der Waals surface area contributed by atoms with Gasteiger partial charge in [-0.25, -0.2) is 0 Å². The summed E-state index contributed by atoms with van der Waals surface area (Å²) in [7, 11) is 0. The van der Waals surface area contributed by atoms with Gasteiger partial charge in [0, 0.05) is 24.3 Å². The summed E-state index contributed by atoms with van der Waals surface area (Å²) in [5.74, 6) is 0.112. The predicted octanol–water partition coefficient (Wildman–Crippen LogP) is 1.20. The molecule has 0 fully saturated rings. The van der Waals surface area contributed by atoms with Crippen molar-refractivity contribution in [1.82, 2.24) is 5.32 Å². The number of fused-ring (bicyclic) bond motifs is 1. The lowest BCUT2D eigenvalue weighted by Gasteiger charge is -2.15. The summed E-state index contributed by atoms with van der Waals surface area (Å²) in [6, 6.07) is 5.64. The van der Waals surface area contributed by atoms with Gasteiger partial charge in [-0.05, 0) is 36.6 Å². The van der Waals surface area contributed by atoms with E-state index < -0.39 is 0 Å². The number of hydrogen-bond donors (Lipinski definition) is 3. The topological polar surface area (TPSA) is 61.4 Å². The third-order valence-corrected chi connectivity index (χ3v) is 3.33. The van der Waals surface area contributed by atoms with E-state index in [1.54, 1.807) is 0 Å². The minimum absolute atomic E-state index is 0.0535. The Balaban J connectivity index is 2.12. The second-order valence-corrected chi connectivity index (χ2v) is 4.55. The maximum atomic E-state index is 12.3. The van der Waals surface area contributed by atoms with Crippen molar-refractivity contribution < 1.29 is 9.90 Å². The highest BCUT2D eigenvalue weighted by Gasteiger charge is 2.19. The third-order valence-electron chi connectivity index (χ3n) is 3.33. The van der Waals surface area contributed by atoms with Crippen molar-refractivity contribution >= 4 is 11.5 Å². The Morgan fingerprint density at radius 1 is 1.56 bits per heavy atom. The standard InChI is InChI=1S/C14H20N2O2/c1-2-12(16-7-8-17)14(18)11-3-4-13-10(9-11)5-6-15-13/h3-4,9,12,15-17H,2,5-8H2,1H3. The van der Waals surface area contributed by atoms with E-state index in [9.17, 15) is 4.79 Å². The van der Waals surface area contributed by atoms with Gasteiger partial charge in [0.25, 0.3) is 0 Å². The number of aliphatic hydroxyl groups is 1. The molecule has 98 valence electrons. The Labute approximate surface area is 107 Å². The fourth-order valence-electron chi connectivity index (χ4n) is 2.32.